The summed E-state index contributed by atoms with van der Waals surface area (Å²) in [6.07, 6.45) is 0. The molecule has 0 bridgehead atoms. The van der Waals surface area contributed by atoms with Gasteiger partial charge < -0.3 is 4.42 Å². The third kappa shape index (κ3) is 2.85. The van der Waals surface area contributed by atoms with E-state index >= 15 is 0 Å². The Morgan fingerprint density at radius 3 is 2.70 bits per heavy atom. The summed E-state index contributed by atoms with van der Waals surface area (Å²) in [6.45, 7) is 2.20. The number of aromatic nitrogens is 1. The fourth-order valence-corrected chi connectivity index (χ4v) is 3.34. The predicted molar refractivity (Wildman–Crippen MR) is 83.4 cm³/mol. The molecular formula is C15H13FN2O4S. The molecule has 0 spiro atoms. The van der Waals surface area contributed by atoms with Gasteiger partial charge in [0.25, 0.3) is 10.0 Å². The van der Waals surface area contributed by atoms with Crippen molar-refractivity contribution in [1.29, 1.82) is 0 Å². The molecule has 6 nitrogen and oxygen atoms in total. The minimum absolute atomic E-state index is 0.0775. The van der Waals surface area contributed by atoms with E-state index in [0.29, 0.717) is 12.1 Å². The minimum Gasteiger partial charge on any atom is -0.408 e. The van der Waals surface area contributed by atoms with Crippen molar-refractivity contribution >= 4 is 26.8 Å². The Kier molecular flexibility index (Phi) is 3.69. The zero-order valence-corrected chi connectivity index (χ0v) is 12.9. The minimum atomic E-state index is -3.92. The molecular weight excluding hydrogens is 323 g/mol. The van der Waals surface area contributed by atoms with Gasteiger partial charge in [-0.05, 0) is 37.3 Å². The van der Waals surface area contributed by atoms with Gasteiger partial charge in [-0.15, -0.1) is 0 Å². The number of fused-ring (bicyclic) bond motifs is 1. The lowest BCUT2D eigenvalue weighted by Crippen LogP contribution is -2.13. The molecule has 0 atom stereocenters. The third-order valence-electron chi connectivity index (χ3n) is 3.34. The predicted octanol–water partition coefficient (Wildman–Crippen LogP) is 2.55. The summed E-state index contributed by atoms with van der Waals surface area (Å²) in [4.78, 5) is 11.6. The van der Waals surface area contributed by atoms with Crippen LogP contribution in [-0.4, -0.2) is 13.0 Å². The van der Waals surface area contributed by atoms with Gasteiger partial charge in [0.15, 0.2) is 5.58 Å². The van der Waals surface area contributed by atoms with Crippen molar-refractivity contribution in [3.63, 3.8) is 0 Å². The smallest absolute Gasteiger partial charge is 0.408 e. The second-order valence-corrected chi connectivity index (χ2v) is 6.54. The molecule has 0 unspecified atom stereocenters. The lowest BCUT2D eigenvalue weighted by atomic mass is 10.3. The van der Waals surface area contributed by atoms with E-state index in [-0.39, 0.29) is 16.2 Å². The number of halogens is 1. The van der Waals surface area contributed by atoms with Crippen molar-refractivity contribution in [1.82, 2.24) is 4.57 Å². The average molecular weight is 336 g/mol. The fourth-order valence-electron chi connectivity index (χ4n) is 2.28. The van der Waals surface area contributed by atoms with E-state index in [1.807, 2.05) is 0 Å². The standard InChI is InChI=1S/C15H13FN2O4S/c1-2-18-13-7-6-12(9-14(13)22-15(18)19)23(20,21)17-11-5-3-4-10(16)8-11/h3-9,17H,2H2,1H3. The van der Waals surface area contributed by atoms with Gasteiger partial charge in [0.05, 0.1) is 16.1 Å². The lowest BCUT2D eigenvalue weighted by Gasteiger charge is -2.08. The van der Waals surface area contributed by atoms with Crippen molar-refractivity contribution in [2.45, 2.75) is 18.4 Å². The Morgan fingerprint density at radius 1 is 1.22 bits per heavy atom. The molecule has 0 radical (unpaired) electrons. The average Bonchev–Trinajstić information content (AvgIpc) is 2.80. The van der Waals surface area contributed by atoms with Gasteiger partial charge in [0, 0.05) is 12.6 Å². The SMILES string of the molecule is CCn1c(=O)oc2cc(S(=O)(=O)Nc3cccc(F)c3)ccc21. The number of nitrogens with zero attached hydrogens (tertiary/aromatic N) is 1. The molecule has 3 aromatic rings. The van der Waals surface area contributed by atoms with Crippen molar-refractivity contribution in [3.05, 3.63) is 58.8 Å². The number of aryl methyl sites for hydroxylation is 1. The quantitative estimate of drug-likeness (QED) is 0.794. The van der Waals surface area contributed by atoms with Crippen molar-refractivity contribution < 1.29 is 17.2 Å². The number of hydrogen-bond donors (Lipinski definition) is 1. The summed E-state index contributed by atoms with van der Waals surface area (Å²) in [6, 6.07) is 9.26. The largest absolute Gasteiger partial charge is 0.419 e. The number of sulfonamides is 1. The van der Waals surface area contributed by atoms with Gasteiger partial charge in [-0.3, -0.25) is 9.29 Å². The maximum atomic E-state index is 13.2. The molecule has 0 saturated heterocycles. The van der Waals surface area contributed by atoms with E-state index < -0.39 is 21.6 Å². The summed E-state index contributed by atoms with van der Waals surface area (Å²) < 4.78 is 46.6. The Hall–Kier alpha value is -2.61. The van der Waals surface area contributed by atoms with Crippen LogP contribution in [0.3, 0.4) is 0 Å². The molecule has 1 aromatic heterocycles. The van der Waals surface area contributed by atoms with Gasteiger partial charge in [0.2, 0.25) is 0 Å². The van der Waals surface area contributed by atoms with Crippen LogP contribution in [0, 0.1) is 5.82 Å². The van der Waals surface area contributed by atoms with Crippen LogP contribution in [0.1, 0.15) is 6.92 Å². The number of oxazole rings is 1. The number of anilines is 1. The topological polar surface area (TPSA) is 81.3 Å². The first-order valence-electron chi connectivity index (χ1n) is 6.82. The first-order valence-corrected chi connectivity index (χ1v) is 8.31. The molecule has 8 heteroatoms. The summed E-state index contributed by atoms with van der Waals surface area (Å²) in [5.74, 6) is -1.10. The van der Waals surface area contributed by atoms with Crippen LogP contribution < -0.4 is 10.5 Å². The van der Waals surface area contributed by atoms with E-state index in [4.69, 9.17) is 4.42 Å². The van der Waals surface area contributed by atoms with Gasteiger partial charge in [0.1, 0.15) is 5.82 Å². The van der Waals surface area contributed by atoms with E-state index in [1.165, 1.54) is 41.0 Å². The molecule has 2 aromatic carbocycles. The normalized spacial score (nSPS) is 11.7. The van der Waals surface area contributed by atoms with Crippen molar-refractivity contribution in [2.24, 2.45) is 0 Å². The molecule has 0 aliphatic carbocycles. The van der Waals surface area contributed by atoms with Gasteiger partial charge in [-0.1, -0.05) is 6.07 Å². The molecule has 0 amide bonds. The van der Waals surface area contributed by atoms with Gasteiger partial charge >= 0.3 is 5.76 Å². The van der Waals surface area contributed by atoms with E-state index in [1.54, 1.807) is 6.92 Å². The van der Waals surface area contributed by atoms with Crippen LogP contribution in [0.25, 0.3) is 11.1 Å². The summed E-state index contributed by atoms with van der Waals surface area (Å²) in [7, 11) is -3.92. The van der Waals surface area contributed by atoms with E-state index in [9.17, 15) is 17.6 Å². The maximum Gasteiger partial charge on any atom is 0.419 e. The molecule has 1 heterocycles. The van der Waals surface area contributed by atoms with Crippen LogP contribution >= 0.6 is 0 Å². The van der Waals surface area contributed by atoms with E-state index in [0.717, 1.165) is 6.07 Å². The molecule has 0 fully saturated rings. The highest BCUT2D eigenvalue weighted by Gasteiger charge is 2.17. The van der Waals surface area contributed by atoms with E-state index in [2.05, 4.69) is 4.72 Å². The summed E-state index contributed by atoms with van der Waals surface area (Å²) >= 11 is 0. The summed E-state index contributed by atoms with van der Waals surface area (Å²) in [5, 5.41) is 0. The van der Waals surface area contributed by atoms with Gasteiger partial charge in [-0.2, -0.15) is 0 Å². The van der Waals surface area contributed by atoms with Crippen LogP contribution in [0.15, 0.2) is 56.6 Å². The summed E-state index contributed by atoms with van der Waals surface area (Å²) in [5.41, 5.74) is 0.804. The maximum absolute atomic E-state index is 13.2. The first-order chi connectivity index (χ1) is 10.9. The number of nitrogens with one attached hydrogen (secondary N) is 1. The Bertz CT molecular complexity index is 1040. The highest BCUT2D eigenvalue weighted by Crippen LogP contribution is 2.21. The lowest BCUT2D eigenvalue weighted by molar-refractivity contribution is 0.512. The molecule has 0 aliphatic heterocycles. The first kappa shape index (κ1) is 15.3. The number of benzene rings is 2. The van der Waals surface area contributed by atoms with Crippen molar-refractivity contribution in [3.8, 4) is 0 Å². The van der Waals surface area contributed by atoms with Crippen LogP contribution in [0.5, 0.6) is 0 Å². The molecule has 1 N–H and O–H groups in total. The molecule has 0 aliphatic rings. The second kappa shape index (κ2) is 5.54. The molecule has 3 rings (SSSR count). The molecule has 23 heavy (non-hydrogen) atoms. The number of hydrogen-bond acceptors (Lipinski definition) is 4. The molecule has 120 valence electrons. The van der Waals surface area contributed by atoms with Crippen molar-refractivity contribution in [2.75, 3.05) is 4.72 Å². The van der Waals surface area contributed by atoms with Crippen LogP contribution in [0.4, 0.5) is 10.1 Å². The van der Waals surface area contributed by atoms with Gasteiger partial charge in [-0.25, -0.2) is 17.6 Å². The Balaban J connectivity index is 2.03. The van der Waals surface area contributed by atoms with Crippen LogP contribution in [0.2, 0.25) is 0 Å². The molecule has 0 saturated carbocycles. The number of rotatable bonds is 4. The Labute approximate surface area is 131 Å². The fraction of sp³-hybridized carbons (Fsp3) is 0.133. The monoisotopic (exact) mass is 336 g/mol. The zero-order valence-electron chi connectivity index (χ0n) is 12.1. The second-order valence-electron chi connectivity index (χ2n) is 4.86. The highest BCUT2D eigenvalue weighted by atomic mass is 32.2. The zero-order chi connectivity index (χ0) is 16.6. The highest BCUT2D eigenvalue weighted by molar-refractivity contribution is 7.92. The third-order valence-corrected chi connectivity index (χ3v) is 4.72. The Morgan fingerprint density at radius 2 is 2.00 bits per heavy atom. The van der Waals surface area contributed by atoms with Crippen LogP contribution in [-0.2, 0) is 16.6 Å².